The molecule has 0 aliphatic carbocycles. The van der Waals surface area contributed by atoms with Crippen LogP contribution in [-0.4, -0.2) is 11.8 Å². The van der Waals surface area contributed by atoms with Gasteiger partial charge in [0.2, 0.25) is 5.91 Å². The van der Waals surface area contributed by atoms with Crippen molar-refractivity contribution in [3.05, 3.63) is 59.7 Å². The molecule has 2 aromatic carbocycles. The van der Waals surface area contributed by atoms with E-state index in [0.29, 0.717) is 11.4 Å². The number of hydrogen-bond acceptors (Lipinski definition) is 2. The van der Waals surface area contributed by atoms with Crippen LogP contribution in [0.1, 0.15) is 29.8 Å². The minimum Gasteiger partial charge on any atom is -0.326 e. The fourth-order valence-corrected chi connectivity index (χ4v) is 1.94. The van der Waals surface area contributed by atoms with Crippen molar-refractivity contribution in [2.45, 2.75) is 20.0 Å². The highest BCUT2D eigenvalue weighted by Gasteiger charge is 2.30. The maximum Gasteiger partial charge on any atom is 0.416 e. The molecule has 2 aromatic rings. The maximum atomic E-state index is 12.5. The summed E-state index contributed by atoms with van der Waals surface area (Å²) in [6, 6.07) is 10.4. The molecule has 4 nitrogen and oxygen atoms in total. The smallest absolute Gasteiger partial charge is 0.326 e. The van der Waals surface area contributed by atoms with E-state index in [9.17, 15) is 22.8 Å². The Bertz CT molecular complexity index is 751. The van der Waals surface area contributed by atoms with Gasteiger partial charge in [0, 0.05) is 22.9 Å². The monoisotopic (exact) mass is 350 g/mol. The van der Waals surface area contributed by atoms with Gasteiger partial charge in [-0.2, -0.15) is 13.2 Å². The average molecular weight is 350 g/mol. The highest BCUT2D eigenvalue weighted by atomic mass is 19.4. The van der Waals surface area contributed by atoms with Gasteiger partial charge in [0.15, 0.2) is 0 Å². The molecule has 0 unspecified atom stereocenters. The fraction of sp³-hybridized carbons (Fsp3) is 0.222. The molecule has 0 aliphatic heterocycles. The largest absolute Gasteiger partial charge is 0.416 e. The van der Waals surface area contributed by atoms with Crippen LogP contribution in [0.4, 0.5) is 24.5 Å². The zero-order chi connectivity index (χ0) is 18.6. The lowest BCUT2D eigenvalue weighted by Gasteiger charge is -2.10. The van der Waals surface area contributed by atoms with Crippen LogP contribution in [0.25, 0.3) is 0 Å². The third kappa shape index (κ3) is 5.07. The van der Waals surface area contributed by atoms with E-state index in [1.54, 1.807) is 38.1 Å². The molecule has 2 rings (SSSR count). The summed E-state index contributed by atoms with van der Waals surface area (Å²) >= 11 is 0. The van der Waals surface area contributed by atoms with Crippen LogP contribution in [0, 0.1) is 5.92 Å². The van der Waals surface area contributed by atoms with E-state index < -0.39 is 17.6 Å². The molecular weight excluding hydrogens is 333 g/mol. The molecular formula is C18H17F3N2O2. The Kier molecular flexibility index (Phi) is 5.46. The van der Waals surface area contributed by atoms with Crippen LogP contribution in [-0.2, 0) is 11.0 Å². The molecule has 0 saturated carbocycles. The number of rotatable bonds is 4. The van der Waals surface area contributed by atoms with Gasteiger partial charge in [0.1, 0.15) is 0 Å². The van der Waals surface area contributed by atoms with Gasteiger partial charge in [-0.15, -0.1) is 0 Å². The van der Waals surface area contributed by atoms with Crippen LogP contribution in [0.5, 0.6) is 0 Å². The fourth-order valence-electron chi connectivity index (χ4n) is 1.94. The SMILES string of the molecule is CC(C)C(=O)Nc1ccc(NC(=O)c2ccc(C(F)(F)F)cc2)cc1. The number of nitrogens with one attached hydrogen (secondary N) is 2. The lowest BCUT2D eigenvalue weighted by Crippen LogP contribution is -2.17. The predicted molar refractivity (Wildman–Crippen MR) is 89.3 cm³/mol. The van der Waals surface area contributed by atoms with Crippen LogP contribution >= 0.6 is 0 Å². The first-order valence-corrected chi connectivity index (χ1v) is 7.56. The highest BCUT2D eigenvalue weighted by molar-refractivity contribution is 6.04. The number of alkyl halides is 3. The summed E-state index contributed by atoms with van der Waals surface area (Å²) in [6.45, 7) is 3.54. The van der Waals surface area contributed by atoms with Crippen molar-refractivity contribution in [1.82, 2.24) is 0 Å². The summed E-state index contributed by atoms with van der Waals surface area (Å²) in [5, 5.41) is 5.30. The van der Waals surface area contributed by atoms with Crippen LogP contribution in [0.3, 0.4) is 0 Å². The number of carbonyl (C=O) groups is 2. The first kappa shape index (κ1) is 18.5. The first-order valence-electron chi connectivity index (χ1n) is 7.56. The third-order valence-corrected chi connectivity index (χ3v) is 3.41. The molecule has 0 aliphatic rings. The van der Waals surface area contributed by atoms with Gasteiger partial charge in [-0.1, -0.05) is 13.8 Å². The van der Waals surface area contributed by atoms with Crippen molar-refractivity contribution < 1.29 is 22.8 Å². The summed E-state index contributed by atoms with van der Waals surface area (Å²) in [4.78, 5) is 23.7. The summed E-state index contributed by atoms with van der Waals surface area (Å²) in [7, 11) is 0. The average Bonchev–Trinajstić information content (AvgIpc) is 2.55. The third-order valence-electron chi connectivity index (χ3n) is 3.41. The van der Waals surface area contributed by atoms with Gasteiger partial charge in [-0.3, -0.25) is 9.59 Å². The van der Waals surface area contributed by atoms with E-state index in [4.69, 9.17) is 0 Å². The van der Waals surface area contributed by atoms with E-state index in [0.717, 1.165) is 24.3 Å². The van der Waals surface area contributed by atoms with Gasteiger partial charge < -0.3 is 10.6 Å². The van der Waals surface area contributed by atoms with Crippen molar-refractivity contribution in [1.29, 1.82) is 0 Å². The summed E-state index contributed by atoms with van der Waals surface area (Å²) in [5.74, 6) is -0.798. The van der Waals surface area contributed by atoms with E-state index >= 15 is 0 Å². The van der Waals surface area contributed by atoms with E-state index in [1.807, 2.05) is 0 Å². The van der Waals surface area contributed by atoms with Gasteiger partial charge in [-0.05, 0) is 48.5 Å². The second-order valence-electron chi connectivity index (χ2n) is 5.75. The standard InChI is InChI=1S/C18H17F3N2O2/c1-11(2)16(24)22-14-7-9-15(10-8-14)23-17(25)12-3-5-13(6-4-12)18(19,20)21/h3-11H,1-2H3,(H,22,24)(H,23,25). The molecule has 2 amide bonds. The molecule has 0 saturated heterocycles. The van der Waals surface area contributed by atoms with Crippen LogP contribution < -0.4 is 10.6 Å². The molecule has 0 spiro atoms. The molecule has 0 aromatic heterocycles. The van der Waals surface area contributed by atoms with Gasteiger partial charge in [0.05, 0.1) is 5.56 Å². The molecule has 0 heterocycles. The molecule has 0 radical (unpaired) electrons. The lowest BCUT2D eigenvalue weighted by atomic mass is 10.1. The zero-order valence-electron chi connectivity index (χ0n) is 13.6. The Morgan fingerprint density at radius 3 is 1.76 bits per heavy atom. The summed E-state index contributed by atoms with van der Waals surface area (Å²) in [6.07, 6.45) is -4.44. The van der Waals surface area contributed by atoms with E-state index in [-0.39, 0.29) is 17.4 Å². The summed E-state index contributed by atoms with van der Waals surface area (Å²) in [5.41, 5.74) is 0.359. The molecule has 132 valence electrons. The second kappa shape index (κ2) is 7.38. The van der Waals surface area contributed by atoms with Crippen molar-refractivity contribution in [2.75, 3.05) is 10.6 Å². The maximum absolute atomic E-state index is 12.5. The number of amides is 2. The highest BCUT2D eigenvalue weighted by Crippen LogP contribution is 2.29. The molecule has 2 N–H and O–H groups in total. The zero-order valence-corrected chi connectivity index (χ0v) is 13.6. The molecule has 0 fully saturated rings. The quantitative estimate of drug-likeness (QED) is 0.850. The Morgan fingerprint density at radius 2 is 1.32 bits per heavy atom. The lowest BCUT2D eigenvalue weighted by molar-refractivity contribution is -0.137. The van der Waals surface area contributed by atoms with E-state index in [2.05, 4.69) is 10.6 Å². The van der Waals surface area contributed by atoms with Crippen LogP contribution in [0.15, 0.2) is 48.5 Å². The van der Waals surface area contributed by atoms with Crippen molar-refractivity contribution in [3.8, 4) is 0 Å². The van der Waals surface area contributed by atoms with Crippen molar-refractivity contribution in [2.24, 2.45) is 5.92 Å². The minimum atomic E-state index is -4.44. The molecule has 0 atom stereocenters. The Balaban J connectivity index is 2.02. The number of benzene rings is 2. The number of hydrogen-bond donors (Lipinski definition) is 2. The molecule has 25 heavy (non-hydrogen) atoms. The van der Waals surface area contributed by atoms with Crippen LogP contribution in [0.2, 0.25) is 0 Å². The Morgan fingerprint density at radius 1 is 0.840 bits per heavy atom. The van der Waals surface area contributed by atoms with Gasteiger partial charge in [-0.25, -0.2) is 0 Å². The Labute approximate surface area is 143 Å². The molecule has 0 bridgehead atoms. The van der Waals surface area contributed by atoms with Gasteiger partial charge in [0.25, 0.3) is 5.91 Å². The van der Waals surface area contributed by atoms with E-state index in [1.165, 1.54) is 0 Å². The molecule has 7 heteroatoms. The topological polar surface area (TPSA) is 58.2 Å². The van der Waals surface area contributed by atoms with Gasteiger partial charge >= 0.3 is 6.18 Å². The van der Waals surface area contributed by atoms with Crippen molar-refractivity contribution >= 4 is 23.2 Å². The van der Waals surface area contributed by atoms with Crippen molar-refractivity contribution in [3.63, 3.8) is 0 Å². The second-order valence-corrected chi connectivity index (χ2v) is 5.75. The predicted octanol–water partition coefficient (Wildman–Crippen LogP) is 4.55. The first-order chi connectivity index (χ1) is 11.7. The Hall–Kier alpha value is -2.83. The number of carbonyl (C=O) groups excluding carboxylic acids is 2. The summed E-state index contributed by atoms with van der Waals surface area (Å²) < 4.78 is 37.5. The minimum absolute atomic E-state index is 0.116. The number of halogens is 3. The number of anilines is 2. The normalized spacial score (nSPS) is 11.3.